The quantitative estimate of drug-likeness (QED) is 0.621. The number of fused-ring (bicyclic) bond motifs is 1. The molecule has 0 aliphatic heterocycles. The first-order valence-electron chi connectivity index (χ1n) is 6.10. The summed E-state index contributed by atoms with van der Waals surface area (Å²) < 4.78 is 0. The van der Waals surface area contributed by atoms with Crippen LogP contribution in [0.1, 0.15) is 24.0 Å². The highest BCUT2D eigenvalue weighted by Crippen LogP contribution is 2.30. The van der Waals surface area contributed by atoms with Crippen molar-refractivity contribution in [2.75, 3.05) is 14.1 Å². The van der Waals surface area contributed by atoms with Crippen molar-refractivity contribution in [1.29, 1.82) is 0 Å². The molecule has 1 aromatic carbocycles. The van der Waals surface area contributed by atoms with Gasteiger partial charge in [-0.05, 0) is 30.5 Å². The van der Waals surface area contributed by atoms with Gasteiger partial charge in [0.05, 0.1) is 5.71 Å². The zero-order valence-electron chi connectivity index (χ0n) is 10.7. The van der Waals surface area contributed by atoms with Gasteiger partial charge in [0.15, 0.2) is 0 Å². The molecular weight excluding hydrogens is 248 g/mol. The van der Waals surface area contributed by atoms with Crippen LogP contribution in [0.3, 0.4) is 0 Å². The van der Waals surface area contributed by atoms with Crippen molar-refractivity contribution in [3.05, 3.63) is 34.3 Å². The van der Waals surface area contributed by atoms with Crippen molar-refractivity contribution >= 4 is 23.6 Å². The van der Waals surface area contributed by atoms with E-state index >= 15 is 0 Å². The van der Waals surface area contributed by atoms with Crippen LogP contribution in [-0.2, 0) is 11.2 Å². The number of rotatable bonds is 3. The van der Waals surface area contributed by atoms with E-state index in [0.717, 1.165) is 35.4 Å². The summed E-state index contributed by atoms with van der Waals surface area (Å²) >= 11 is 6.02. The molecular formula is C14H17ClN2O. The van der Waals surface area contributed by atoms with E-state index in [0.29, 0.717) is 6.42 Å². The van der Waals surface area contributed by atoms with E-state index in [1.807, 2.05) is 32.3 Å². The molecule has 0 bridgehead atoms. The molecule has 96 valence electrons. The first kappa shape index (κ1) is 13.1. The van der Waals surface area contributed by atoms with Gasteiger partial charge < -0.3 is 9.80 Å². The van der Waals surface area contributed by atoms with Crippen LogP contribution in [0.4, 0.5) is 0 Å². The first-order valence-corrected chi connectivity index (χ1v) is 6.48. The molecule has 18 heavy (non-hydrogen) atoms. The van der Waals surface area contributed by atoms with Crippen LogP contribution in [0.2, 0.25) is 5.02 Å². The lowest BCUT2D eigenvalue weighted by Crippen LogP contribution is -2.26. The second kappa shape index (κ2) is 5.53. The van der Waals surface area contributed by atoms with E-state index in [1.54, 1.807) is 5.01 Å². The van der Waals surface area contributed by atoms with Gasteiger partial charge in [0.25, 0.3) is 0 Å². The monoisotopic (exact) mass is 264 g/mol. The van der Waals surface area contributed by atoms with E-state index in [2.05, 4.69) is 5.10 Å². The number of hydrogen-bond donors (Lipinski definition) is 0. The summed E-state index contributed by atoms with van der Waals surface area (Å²) in [6.45, 7) is 0. The molecule has 3 nitrogen and oxygen atoms in total. The van der Waals surface area contributed by atoms with E-state index in [9.17, 15) is 4.79 Å². The Bertz CT molecular complexity index is 483. The summed E-state index contributed by atoms with van der Waals surface area (Å²) in [5.74, 6) is 0.221. The molecule has 2 rings (SSSR count). The lowest BCUT2D eigenvalue weighted by molar-refractivity contribution is -0.108. The molecule has 0 spiro atoms. The molecule has 0 amide bonds. The van der Waals surface area contributed by atoms with E-state index in [4.69, 9.17) is 11.6 Å². The van der Waals surface area contributed by atoms with Crippen LogP contribution in [0.15, 0.2) is 23.3 Å². The van der Waals surface area contributed by atoms with Crippen LogP contribution < -0.4 is 0 Å². The fourth-order valence-electron chi connectivity index (χ4n) is 2.40. The third kappa shape index (κ3) is 2.72. The summed E-state index contributed by atoms with van der Waals surface area (Å²) in [6.07, 6.45) is 3.44. The average Bonchev–Trinajstić information content (AvgIpc) is 2.31. The Morgan fingerprint density at radius 1 is 1.50 bits per heavy atom. The summed E-state index contributed by atoms with van der Waals surface area (Å²) in [7, 11) is 3.80. The van der Waals surface area contributed by atoms with Gasteiger partial charge in [-0.2, -0.15) is 5.10 Å². The largest absolute Gasteiger partial charge is 0.303 e. The number of carbonyl (C=O) groups is 1. The SMILES string of the molecule is CN(C)N=C1c2ccc(Cl)cc2CCC1CC=O. The average molecular weight is 265 g/mol. The third-order valence-electron chi connectivity index (χ3n) is 3.18. The molecule has 1 aromatic rings. The van der Waals surface area contributed by atoms with Crippen molar-refractivity contribution < 1.29 is 4.79 Å². The minimum Gasteiger partial charge on any atom is -0.303 e. The second-order valence-electron chi connectivity index (χ2n) is 4.77. The predicted octanol–water partition coefficient (Wildman–Crippen LogP) is 2.76. The van der Waals surface area contributed by atoms with Gasteiger partial charge >= 0.3 is 0 Å². The van der Waals surface area contributed by atoms with Crippen LogP contribution in [0, 0.1) is 5.92 Å². The summed E-state index contributed by atoms with van der Waals surface area (Å²) in [5.41, 5.74) is 3.36. The number of carbonyl (C=O) groups excluding carboxylic acids is 1. The van der Waals surface area contributed by atoms with Crippen LogP contribution in [0.25, 0.3) is 0 Å². The van der Waals surface area contributed by atoms with Crippen molar-refractivity contribution in [2.24, 2.45) is 11.0 Å². The maximum Gasteiger partial charge on any atom is 0.120 e. The molecule has 0 N–H and O–H groups in total. The number of nitrogens with zero attached hydrogens (tertiary/aromatic N) is 2. The van der Waals surface area contributed by atoms with Gasteiger partial charge in [-0.25, -0.2) is 0 Å². The predicted molar refractivity (Wildman–Crippen MR) is 74.2 cm³/mol. The highest BCUT2D eigenvalue weighted by Gasteiger charge is 2.25. The molecule has 0 saturated heterocycles. The Hall–Kier alpha value is -1.35. The number of hydrazone groups is 1. The van der Waals surface area contributed by atoms with Crippen molar-refractivity contribution in [1.82, 2.24) is 5.01 Å². The summed E-state index contributed by atoms with van der Waals surface area (Å²) in [6, 6.07) is 5.89. The molecule has 1 aliphatic carbocycles. The second-order valence-corrected chi connectivity index (χ2v) is 5.21. The topological polar surface area (TPSA) is 32.7 Å². The normalized spacial score (nSPS) is 20.6. The molecule has 0 fully saturated rings. The molecule has 0 heterocycles. The van der Waals surface area contributed by atoms with Crippen LogP contribution in [-0.4, -0.2) is 31.1 Å². The molecule has 0 aromatic heterocycles. The molecule has 0 radical (unpaired) electrons. The number of halogens is 1. The Kier molecular flexibility index (Phi) is 4.02. The zero-order valence-corrected chi connectivity index (χ0v) is 11.4. The van der Waals surface area contributed by atoms with Gasteiger partial charge in [0.2, 0.25) is 0 Å². The number of benzene rings is 1. The fraction of sp³-hybridized carbons (Fsp3) is 0.429. The lowest BCUT2D eigenvalue weighted by Gasteiger charge is -2.26. The van der Waals surface area contributed by atoms with Crippen molar-refractivity contribution in [3.63, 3.8) is 0 Å². The minimum atomic E-state index is 0.221. The number of aryl methyl sites for hydroxylation is 1. The smallest absolute Gasteiger partial charge is 0.120 e. The fourth-order valence-corrected chi connectivity index (χ4v) is 2.60. The first-order chi connectivity index (χ1) is 8.61. The van der Waals surface area contributed by atoms with Gasteiger partial charge in [-0.1, -0.05) is 17.7 Å². The summed E-state index contributed by atoms with van der Waals surface area (Å²) in [5, 5.41) is 7.10. The molecule has 1 atom stereocenters. The number of aldehydes is 1. The highest BCUT2D eigenvalue weighted by molar-refractivity contribution is 6.30. The molecule has 4 heteroatoms. The Labute approximate surface area is 112 Å². The zero-order chi connectivity index (χ0) is 13.1. The molecule has 1 aliphatic rings. The lowest BCUT2D eigenvalue weighted by atomic mass is 9.81. The summed E-state index contributed by atoms with van der Waals surface area (Å²) in [4.78, 5) is 10.8. The maximum absolute atomic E-state index is 10.8. The maximum atomic E-state index is 10.8. The van der Waals surface area contributed by atoms with Crippen LogP contribution in [0.5, 0.6) is 0 Å². The molecule has 0 saturated carbocycles. The van der Waals surface area contributed by atoms with E-state index in [-0.39, 0.29) is 5.92 Å². The van der Waals surface area contributed by atoms with Gasteiger partial charge in [-0.3, -0.25) is 0 Å². The third-order valence-corrected chi connectivity index (χ3v) is 3.42. The van der Waals surface area contributed by atoms with E-state index in [1.165, 1.54) is 5.56 Å². The van der Waals surface area contributed by atoms with Gasteiger partial charge in [-0.15, -0.1) is 0 Å². The Morgan fingerprint density at radius 3 is 2.94 bits per heavy atom. The van der Waals surface area contributed by atoms with Crippen molar-refractivity contribution in [3.8, 4) is 0 Å². The van der Waals surface area contributed by atoms with Crippen LogP contribution >= 0.6 is 11.6 Å². The highest BCUT2D eigenvalue weighted by atomic mass is 35.5. The number of hydrogen-bond acceptors (Lipinski definition) is 3. The van der Waals surface area contributed by atoms with Gasteiger partial charge in [0, 0.05) is 37.0 Å². The minimum absolute atomic E-state index is 0.221. The van der Waals surface area contributed by atoms with Gasteiger partial charge in [0.1, 0.15) is 6.29 Å². The Balaban J connectivity index is 2.45. The standard InChI is InChI=1S/C14H17ClN2O/c1-17(2)16-14-10(7-8-18)3-4-11-9-12(15)5-6-13(11)14/h5-6,8-10H,3-4,7H2,1-2H3. The van der Waals surface area contributed by atoms with Crippen molar-refractivity contribution in [2.45, 2.75) is 19.3 Å². The van der Waals surface area contributed by atoms with E-state index < -0.39 is 0 Å². The molecule has 1 unspecified atom stereocenters. The Morgan fingerprint density at radius 2 is 2.28 bits per heavy atom.